The molecule has 0 saturated heterocycles. The minimum Gasteiger partial charge on any atom is -0.390 e. The molecule has 1 nitrogen and oxygen atoms in total. The monoisotopic (exact) mass is 184 g/mol. The van der Waals surface area contributed by atoms with Crippen LogP contribution in [-0.2, 0) is 0 Å². The van der Waals surface area contributed by atoms with Gasteiger partial charge in [0.05, 0.1) is 5.60 Å². The molecule has 1 heteroatoms. The third kappa shape index (κ3) is 2.98. The summed E-state index contributed by atoms with van der Waals surface area (Å²) in [5.74, 6) is 0.859. The van der Waals surface area contributed by atoms with Crippen LogP contribution in [0, 0.1) is 11.3 Å². The van der Waals surface area contributed by atoms with Crippen molar-refractivity contribution in [3.63, 3.8) is 0 Å². The van der Waals surface area contributed by atoms with Crippen LogP contribution in [0.15, 0.2) is 0 Å². The lowest BCUT2D eigenvalue weighted by atomic mass is 9.77. The molecule has 78 valence electrons. The van der Waals surface area contributed by atoms with Crippen LogP contribution in [0.5, 0.6) is 0 Å². The Morgan fingerprint density at radius 2 is 2.15 bits per heavy atom. The van der Waals surface area contributed by atoms with Gasteiger partial charge in [0.1, 0.15) is 0 Å². The summed E-state index contributed by atoms with van der Waals surface area (Å²) in [4.78, 5) is 0. The van der Waals surface area contributed by atoms with Gasteiger partial charge in [-0.2, -0.15) is 0 Å². The summed E-state index contributed by atoms with van der Waals surface area (Å²) in [6, 6.07) is 0. The van der Waals surface area contributed by atoms with Crippen LogP contribution in [0.25, 0.3) is 0 Å². The van der Waals surface area contributed by atoms with Crippen LogP contribution < -0.4 is 0 Å². The maximum Gasteiger partial charge on any atom is 0.0622 e. The van der Waals surface area contributed by atoms with Crippen molar-refractivity contribution >= 4 is 0 Å². The SMILES string of the molecule is CCC(C)(O)CC1(C)CCC(C)C1. The maximum atomic E-state index is 10.0. The Morgan fingerprint density at radius 1 is 1.54 bits per heavy atom. The second kappa shape index (κ2) is 3.61. The normalized spacial score (nSPS) is 39.0. The van der Waals surface area contributed by atoms with Crippen LogP contribution in [-0.4, -0.2) is 10.7 Å². The number of hydrogen-bond donors (Lipinski definition) is 1. The molecule has 0 aromatic carbocycles. The van der Waals surface area contributed by atoms with E-state index in [1.807, 2.05) is 6.92 Å². The minimum atomic E-state index is -0.446. The van der Waals surface area contributed by atoms with Gasteiger partial charge < -0.3 is 5.11 Å². The highest BCUT2D eigenvalue weighted by Gasteiger charge is 2.37. The zero-order valence-corrected chi connectivity index (χ0v) is 9.56. The molecular formula is C12H24O. The van der Waals surface area contributed by atoms with Crippen LogP contribution in [0.2, 0.25) is 0 Å². The Bertz CT molecular complexity index is 174. The highest BCUT2D eigenvalue weighted by atomic mass is 16.3. The van der Waals surface area contributed by atoms with Crippen molar-refractivity contribution in [1.82, 2.24) is 0 Å². The second-order valence-corrected chi connectivity index (χ2v) is 5.69. The van der Waals surface area contributed by atoms with E-state index in [1.54, 1.807) is 0 Å². The molecular weight excluding hydrogens is 160 g/mol. The number of aliphatic hydroxyl groups is 1. The number of hydrogen-bond acceptors (Lipinski definition) is 1. The van der Waals surface area contributed by atoms with Gasteiger partial charge in [-0.15, -0.1) is 0 Å². The highest BCUT2D eigenvalue weighted by molar-refractivity contribution is 4.89. The second-order valence-electron chi connectivity index (χ2n) is 5.69. The molecule has 1 aliphatic rings. The zero-order valence-electron chi connectivity index (χ0n) is 9.56. The summed E-state index contributed by atoms with van der Waals surface area (Å²) in [6.07, 6.45) is 5.78. The first-order chi connectivity index (χ1) is 5.87. The quantitative estimate of drug-likeness (QED) is 0.713. The molecule has 1 rings (SSSR count). The largest absolute Gasteiger partial charge is 0.390 e. The molecule has 1 N–H and O–H groups in total. The first kappa shape index (κ1) is 11.0. The van der Waals surface area contributed by atoms with Crippen molar-refractivity contribution < 1.29 is 5.11 Å². The Labute approximate surface area is 82.5 Å². The van der Waals surface area contributed by atoms with Gasteiger partial charge in [0.2, 0.25) is 0 Å². The van der Waals surface area contributed by atoms with E-state index < -0.39 is 5.60 Å². The van der Waals surface area contributed by atoms with Gasteiger partial charge in [0.25, 0.3) is 0 Å². The van der Waals surface area contributed by atoms with Gasteiger partial charge in [-0.25, -0.2) is 0 Å². The third-order valence-corrected chi connectivity index (χ3v) is 3.65. The zero-order chi connectivity index (χ0) is 10.1. The average Bonchev–Trinajstić information content (AvgIpc) is 2.30. The fourth-order valence-corrected chi connectivity index (χ4v) is 2.85. The average molecular weight is 184 g/mol. The molecule has 0 heterocycles. The molecule has 0 radical (unpaired) electrons. The molecule has 3 unspecified atom stereocenters. The molecule has 0 bridgehead atoms. The fraction of sp³-hybridized carbons (Fsp3) is 1.00. The van der Waals surface area contributed by atoms with Crippen molar-refractivity contribution in [2.75, 3.05) is 0 Å². The molecule has 1 fully saturated rings. The fourth-order valence-electron chi connectivity index (χ4n) is 2.85. The van der Waals surface area contributed by atoms with E-state index >= 15 is 0 Å². The molecule has 0 aromatic rings. The number of rotatable bonds is 3. The van der Waals surface area contributed by atoms with E-state index in [4.69, 9.17) is 0 Å². The van der Waals surface area contributed by atoms with Crippen molar-refractivity contribution in [3.05, 3.63) is 0 Å². The lowest BCUT2D eigenvalue weighted by molar-refractivity contribution is 0.00716. The predicted molar refractivity (Wildman–Crippen MR) is 56.7 cm³/mol. The molecule has 0 aromatic heterocycles. The van der Waals surface area contributed by atoms with Gasteiger partial charge in [-0.3, -0.25) is 0 Å². The molecule has 0 amide bonds. The predicted octanol–water partition coefficient (Wildman–Crippen LogP) is 3.36. The van der Waals surface area contributed by atoms with E-state index in [2.05, 4.69) is 20.8 Å². The summed E-state index contributed by atoms with van der Waals surface area (Å²) in [5, 5.41) is 10.0. The van der Waals surface area contributed by atoms with Gasteiger partial charge in [0, 0.05) is 0 Å². The topological polar surface area (TPSA) is 20.2 Å². The van der Waals surface area contributed by atoms with Crippen LogP contribution in [0.1, 0.15) is 59.8 Å². The van der Waals surface area contributed by atoms with Crippen LogP contribution >= 0.6 is 0 Å². The highest BCUT2D eigenvalue weighted by Crippen LogP contribution is 2.46. The first-order valence-electron chi connectivity index (χ1n) is 5.59. The molecule has 3 atom stereocenters. The Kier molecular flexibility index (Phi) is 3.06. The first-order valence-corrected chi connectivity index (χ1v) is 5.59. The maximum absolute atomic E-state index is 10.0. The third-order valence-electron chi connectivity index (χ3n) is 3.65. The van der Waals surface area contributed by atoms with Crippen molar-refractivity contribution in [2.24, 2.45) is 11.3 Å². The van der Waals surface area contributed by atoms with Crippen LogP contribution in [0.3, 0.4) is 0 Å². The lowest BCUT2D eigenvalue weighted by Gasteiger charge is -2.33. The molecule has 0 spiro atoms. The summed E-state index contributed by atoms with van der Waals surface area (Å²) in [6.45, 7) is 8.70. The van der Waals surface area contributed by atoms with Gasteiger partial charge in [0.15, 0.2) is 0 Å². The minimum absolute atomic E-state index is 0.402. The lowest BCUT2D eigenvalue weighted by Crippen LogP contribution is -2.31. The van der Waals surface area contributed by atoms with E-state index in [0.717, 1.165) is 18.8 Å². The molecule has 1 aliphatic carbocycles. The molecule has 0 aliphatic heterocycles. The van der Waals surface area contributed by atoms with Crippen LogP contribution in [0.4, 0.5) is 0 Å². The smallest absolute Gasteiger partial charge is 0.0622 e. The van der Waals surface area contributed by atoms with Crippen molar-refractivity contribution in [1.29, 1.82) is 0 Å². The Hall–Kier alpha value is -0.0400. The van der Waals surface area contributed by atoms with E-state index in [9.17, 15) is 5.11 Å². The summed E-state index contributed by atoms with van der Waals surface area (Å²) >= 11 is 0. The molecule has 1 saturated carbocycles. The summed E-state index contributed by atoms with van der Waals surface area (Å²) in [7, 11) is 0. The van der Waals surface area contributed by atoms with Gasteiger partial charge in [-0.05, 0) is 43.9 Å². The molecule has 13 heavy (non-hydrogen) atoms. The standard InChI is InChI=1S/C12H24O/c1-5-12(4,13)9-11(3)7-6-10(2)8-11/h10,13H,5-9H2,1-4H3. The summed E-state index contributed by atoms with van der Waals surface area (Å²) in [5.41, 5.74) is -0.0439. The van der Waals surface area contributed by atoms with Gasteiger partial charge >= 0.3 is 0 Å². The van der Waals surface area contributed by atoms with E-state index in [1.165, 1.54) is 19.3 Å². The Morgan fingerprint density at radius 3 is 2.54 bits per heavy atom. The van der Waals surface area contributed by atoms with E-state index in [0.29, 0.717) is 5.41 Å². The Balaban J connectivity index is 2.53. The van der Waals surface area contributed by atoms with Crippen molar-refractivity contribution in [3.8, 4) is 0 Å². The summed E-state index contributed by atoms with van der Waals surface area (Å²) < 4.78 is 0. The van der Waals surface area contributed by atoms with Crippen molar-refractivity contribution in [2.45, 2.75) is 65.4 Å². The van der Waals surface area contributed by atoms with Gasteiger partial charge in [-0.1, -0.05) is 27.2 Å². The van der Waals surface area contributed by atoms with E-state index in [-0.39, 0.29) is 0 Å².